The van der Waals surface area contributed by atoms with Crippen LogP contribution in [0.25, 0.3) is 0 Å². The van der Waals surface area contributed by atoms with Gasteiger partial charge in [0.2, 0.25) is 0 Å². The predicted molar refractivity (Wildman–Crippen MR) is 65.8 cm³/mol. The molecule has 0 fully saturated rings. The first kappa shape index (κ1) is 11.6. The lowest BCUT2D eigenvalue weighted by Crippen LogP contribution is -2.12. The minimum atomic E-state index is -0.493. The van der Waals surface area contributed by atoms with E-state index in [9.17, 15) is 9.18 Å². The Bertz CT molecular complexity index is 542. The maximum Gasteiger partial charge on any atom is 0.257 e. The normalized spacial score (nSPS) is 10.0. The Balaban J connectivity index is 2.23. The number of benzene rings is 2. The number of para-hydroxylation sites is 1. The maximum absolute atomic E-state index is 13.0. The smallest absolute Gasteiger partial charge is 0.257 e. The zero-order valence-electron chi connectivity index (χ0n) is 8.78. The standard InChI is InChI=1S/C13H9ClFNO/c14-12-7-6-9(15)8-11(12)13(17)16-10-4-2-1-3-5-10/h1-8H,(H,16,17). The van der Waals surface area contributed by atoms with Gasteiger partial charge in [0, 0.05) is 5.69 Å². The summed E-state index contributed by atoms with van der Waals surface area (Å²) >= 11 is 5.83. The van der Waals surface area contributed by atoms with Crippen molar-refractivity contribution in [2.24, 2.45) is 0 Å². The van der Waals surface area contributed by atoms with Gasteiger partial charge in [-0.1, -0.05) is 29.8 Å². The zero-order chi connectivity index (χ0) is 12.3. The van der Waals surface area contributed by atoms with E-state index in [0.717, 1.165) is 6.07 Å². The van der Waals surface area contributed by atoms with Gasteiger partial charge in [-0.2, -0.15) is 0 Å². The van der Waals surface area contributed by atoms with Gasteiger partial charge in [-0.25, -0.2) is 4.39 Å². The fourth-order valence-electron chi connectivity index (χ4n) is 1.39. The SMILES string of the molecule is O=C(Nc1ccccc1)c1cc(F)ccc1Cl. The van der Waals surface area contributed by atoms with Gasteiger partial charge < -0.3 is 5.32 Å². The molecule has 0 saturated heterocycles. The summed E-state index contributed by atoms with van der Waals surface area (Å²) in [6.45, 7) is 0. The number of anilines is 1. The number of hydrogen-bond acceptors (Lipinski definition) is 1. The zero-order valence-corrected chi connectivity index (χ0v) is 9.54. The summed E-state index contributed by atoms with van der Waals surface area (Å²) in [7, 11) is 0. The van der Waals surface area contributed by atoms with Gasteiger partial charge in [-0.15, -0.1) is 0 Å². The summed E-state index contributed by atoms with van der Waals surface area (Å²) in [5, 5.41) is 2.86. The second kappa shape index (κ2) is 4.97. The molecule has 0 saturated carbocycles. The molecule has 2 aromatic carbocycles. The Labute approximate surface area is 103 Å². The Kier molecular flexibility index (Phi) is 3.40. The monoisotopic (exact) mass is 249 g/mol. The number of nitrogens with one attached hydrogen (secondary N) is 1. The quantitative estimate of drug-likeness (QED) is 0.863. The molecule has 0 aromatic heterocycles. The van der Waals surface area contributed by atoms with Crippen LogP contribution in [-0.4, -0.2) is 5.91 Å². The van der Waals surface area contributed by atoms with Crippen LogP contribution in [0.3, 0.4) is 0 Å². The van der Waals surface area contributed by atoms with Gasteiger partial charge in [0.15, 0.2) is 0 Å². The van der Waals surface area contributed by atoms with Crippen molar-refractivity contribution >= 4 is 23.2 Å². The summed E-state index contributed by atoms with van der Waals surface area (Å²) in [5.41, 5.74) is 0.758. The summed E-state index contributed by atoms with van der Waals surface area (Å²) in [4.78, 5) is 11.8. The first-order valence-electron chi connectivity index (χ1n) is 4.98. The largest absolute Gasteiger partial charge is 0.322 e. The highest BCUT2D eigenvalue weighted by atomic mass is 35.5. The lowest BCUT2D eigenvalue weighted by Gasteiger charge is -2.06. The molecule has 0 heterocycles. The fraction of sp³-hybridized carbons (Fsp3) is 0. The minimum Gasteiger partial charge on any atom is -0.322 e. The summed E-state index contributed by atoms with van der Waals surface area (Å²) in [6, 6.07) is 12.6. The molecule has 0 aliphatic heterocycles. The van der Waals surface area contributed by atoms with Crippen LogP contribution in [0.15, 0.2) is 48.5 Å². The third kappa shape index (κ3) is 2.82. The Hall–Kier alpha value is -1.87. The van der Waals surface area contributed by atoms with Crippen LogP contribution in [0.1, 0.15) is 10.4 Å². The van der Waals surface area contributed by atoms with E-state index in [1.165, 1.54) is 12.1 Å². The summed E-state index contributed by atoms with van der Waals surface area (Å²) in [6.07, 6.45) is 0. The molecule has 86 valence electrons. The molecular weight excluding hydrogens is 241 g/mol. The number of hydrogen-bond donors (Lipinski definition) is 1. The third-order valence-corrected chi connectivity index (χ3v) is 2.53. The molecule has 0 unspecified atom stereocenters. The topological polar surface area (TPSA) is 29.1 Å². The van der Waals surface area contributed by atoms with Crippen LogP contribution in [0, 0.1) is 5.82 Å². The average Bonchev–Trinajstić information content (AvgIpc) is 2.33. The highest BCUT2D eigenvalue weighted by Gasteiger charge is 2.11. The highest BCUT2D eigenvalue weighted by molar-refractivity contribution is 6.34. The molecule has 2 rings (SSSR count). The molecule has 2 nitrogen and oxygen atoms in total. The molecular formula is C13H9ClFNO. The molecule has 0 aliphatic carbocycles. The van der Waals surface area contributed by atoms with Crippen LogP contribution in [0.2, 0.25) is 5.02 Å². The number of rotatable bonds is 2. The predicted octanol–water partition coefficient (Wildman–Crippen LogP) is 3.73. The summed E-state index contributed by atoms with van der Waals surface area (Å²) in [5.74, 6) is -0.923. The Morgan fingerprint density at radius 3 is 2.53 bits per heavy atom. The summed E-state index contributed by atoms with van der Waals surface area (Å²) < 4.78 is 13.0. The van der Waals surface area contributed by atoms with Crippen LogP contribution < -0.4 is 5.32 Å². The lowest BCUT2D eigenvalue weighted by molar-refractivity contribution is 0.102. The molecule has 0 aliphatic rings. The fourth-order valence-corrected chi connectivity index (χ4v) is 1.59. The highest BCUT2D eigenvalue weighted by Crippen LogP contribution is 2.18. The molecule has 0 bridgehead atoms. The maximum atomic E-state index is 13.0. The van der Waals surface area contributed by atoms with Gasteiger partial charge in [0.25, 0.3) is 5.91 Å². The van der Waals surface area contributed by atoms with Gasteiger partial charge in [0.1, 0.15) is 5.82 Å². The van der Waals surface area contributed by atoms with E-state index >= 15 is 0 Å². The van der Waals surface area contributed by atoms with Crippen LogP contribution in [0.4, 0.5) is 10.1 Å². The second-order valence-corrected chi connectivity index (χ2v) is 3.85. The van der Waals surface area contributed by atoms with Crippen LogP contribution in [-0.2, 0) is 0 Å². The Morgan fingerprint density at radius 2 is 1.82 bits per heavy atom. The molecule has 2 aromatic rings. The number of halogens is 2. The third-order valence-electron chi connectivity index (χ3n) is 2.20. The van der Waals surface area contributed by atoms with Crippen LogP contribution >= 0.6 is 11.6 Å². The number of carbonyl (C=O) groups is 1. The van der Waals surface area contributed by atoms with Crippen molar-refractivity contribution in [2.45, 2.75) is 0 Å². The number of amides is 1. The first-order chi connectivity index (χ1) is 8.16. The van der Waals surface area contributed by atoms with Crippen molar-refractivity contribution < 1.29 is 9.18 Å². The molecule has 0 radical (unpaired) electrons. The van der Waals surface area contributed by atoms with Crippen molar-refractivity contribution in [2.75, 3.05) is 5.32 Å². The van der Waals surface area contributed by atoms with E-state index in [4.69, 9.17) is 11.6 Å². The van der Waals surface area contributed by atoms with Gasteiger partial charge in [-0.05, 0) is 30.3 Å². The molecule has 0 spiro atoms. The van der Waals surface area contributed by atoms with Gasteiger partial charge in [-0.3, -0.25) is 4.79 Å². The van der Waals surface area contributed by atoms with Gasteiger partial charge in [0.05, 0.1) is 10.6 Å². The molecule has 17 heavy (non-hydrogen) atoms. The van der Waals surface area contributed by atoms with Crippen LogP contribution in [0.5, 0.6) is 0 Å². The molecule has 4 heteroatoms. The average molecular weight is 250 g/mol. The molecule has 1 amide bonds. The lowest BCUT2D eigenvalue weighted by atomic mass is 10.2. The first-order valence-corrected chi connectivity index (χ1v) is 5.36. The molecule has 0 atom stereocenters. The van der Waals surface area contributed by atoms with Crippen molar-refractivity contribution in [3.63, 3.8) is 0 Å². The van der Waals surface area contributed by atoms with Crippen molar-refractivity contribution in [3.05, 3.63) is 64.9 Å². The number of carbonyl (C=O) groups excluding carboxylic acids is 1. The van der Waals surface area contributed by atoms with E-state index in [1.54, 1.807) is 24.3 Å². The van der Waals surface area contributed by atoms with E-state index < -0.39 is 11.7 Å². The molecule has 1 N–H and O–H groups in total. The van der Waals surface area contributed by atoms with Crippen molar-refractivity contribution in [3.8, 4) is 0 Å². The van der Waals surface area contributed by atoms with Gasteiger partial charge >= 0.3 is 0 Å². The van der Waals surface area contributed by atoms with Crippen molar-refractivity contribution in [1.29, 1.82) is 0 Å². The van der Waals surface area contributed by atoms with E-state index in [-0.39, 0.29) is 10.6 Å². The van der Waals surface area contributed by atoms with E-state index in [0.29, 0.717) is 5.69 Å². The minimum absolute atomic E-state index is 0.121. The van der Waals surface area contributed by atoms with E-state index in [1.807, 2.05) is 6.07 Å². The van der Waals surface area contributed by atoms with Crippen molar-refractivity contribution in [1.82, 2.24) is 0 Å². The Morgan fingerprint density at radius 1 is 1.12 bits per heavy atom. The van der Waals surface area contributed by atoms with E-state index in [2.05, 4.69) is 5.32 Å². The second-order valence-electron chi connectivity index (χ2n) is 3.44.